The number of fused-ring (bicyclic) bond motifs is 2. The summed E-state index contributed by atoms with van der Waals surface area (Å²) in [6, 6.07) is 14.3. The normalized spacial score (nSPS) is 15.8. The molecule has 2 aromatic carbocycles. The fourth-order valence-corrected chi connectivity index (χ4v) is 3.64. The summed E-state index contributed by atoms with van der Waals surface area (Å²) in [5.41, 5.74) is 3.45. The summed E-state index contributed by atoms with van der Waals surface area (Å²) < 4.78 is 10.9. The summed E-state index contributed by atoms with van der Waals surface area (Å²) in [6.45, 7) is 5.96. The summed E-state index contributed by atoms with van der Waals surface area (Å²) in [5, 5.41) is 0. The van der Waals surface area contributed by atoms with Crippen LogP contribution >= 0.6 is 0 Å². The van der Waals surface area contributed by atoms with E-state index in [0.29, 0.717) is 13.0 Å². The number of ether oxygens (including phenoxy) is 2. The lowest BCUT2D eigenvalue weighted by Gasteiger charge is -2.33. The average Bonchev–Trinajstić information content (AvgIpc) is 3.07. The Morgan fingerprint density at radius 3 is 2.48 bits per heavy atom. The van der Waals surface area contributed by atoms with Crippen molar-refractivity contribution in [2.24, 2.45) is 0 Å². The SMILES string of the molecule is CC(C)(CC(=O)N1CCc2cc3c(cc2C1)OCO3)c1ccccc1. The van der Waals surface area contributed by atoms with Gasteiger partial charge in [0.2, 0.25) is 12.7 Å². The van der Waals surface area contributed by atoms with E-state index in [2.05, 4.69) is 32.0 Å². The predicted octanol–water partition coefficient (Wildman–Crippen LogP) is 3.67. The minimum absolute atomic E-state index is 0.173. The van der Waals surface area contributed by atoms with Crippen molar-refractivity contribution in [3.05, 3.63) is 59.2 Å². The standard InChI is InChI=1S/C21H23NO3/c1-21(2,17-6-4-3-5-7-17)12-20(23)22-9-8-15-10-18-19(25-14-24-18)11-16(15)13-22/h3-7,10-11H,8-9,12-14H2,1-2H3. The fourth-order valence-electron chi connectivity index (χ4n) is 3.64. The highest BCUT2D eigenvalue weighted by molar-refractivity contribution is 5.78. The molecule has 4 heteroatoms. The van der Waals surface area contributed by atoms with Crippen LogP contribution in [-0.2, 0) is 23.2 Å². The zero-order valence-electron chi connectivity index (χ0n) is 14.7. The summed E-state index contributed by atoms with van der Waals surface area (Å²) in [6.07, 6.45) is 1.38. The van der Waals surface area contributed by atoms with Gasteiger partial charge in [0.15, 0.2) is 11.5 Å². The Balaban J connectivity index is 1.49. The largest absolute Gasteiger partial charge is 0.454 e. The summed E-state index contributed by atoms with van der Waals surface area (Å²) in [4.78, 5) is 14.9. The van der Waals surface area contributed by atoms with E-state index in [1.165, 1.54) is 16.7 Å². The molecule has 0 aromatic heterocycles. The van der Waals surface area contributed by atoms with E-state index in [0.717, 1.165) is 24.5 Å². The Labute approximate surface area is 148 Å². The van der Waals surface area contributed by atoms with E-state index in [1.54, 1.807) is 0 Å². The van der Waals surface area contributed by atoms with Crippen LogP contribution in [0.4, 0.5) is 0 Å². The fraction of sp³-hybridized carbons (Fsp3) is 0.381. The van der Waals surface area contributed by atoms with Crippen molar-refractivity contribution in [1.82, 2.24) is 4.90 Å². The van der Waals surface area contributed by atoms with Crippen molar-refractivity contribution in [1.29, 1.82) is 0 Å². The number of hydrogen-bond donors (Lipinski definition) is 0. The molecule has 4 rings (SSSR count). The van der Waals surface area contributed by atoms with Crippen LogP contribution in [0.15, 0.2) is 42.5 Å². The number of nitrogens with zero attached hydrogens (tertiary/aromatic N) is 1. The molecule has 0 saturated carbocycles. The van der Waals surface area contributed by atoms with Gasteiger partial charge in [-0.2, -0.15) is 0 Å². The van der Waals surface area contributed by atoms with Gasteiger partial charge in [0.05, 0.1) is 0 Å². The molecule has 0 radical (unpaired) electrons. The van der Waals surface area contributed by atoms with Gasteiger partial charge in [-0.3, -0.25) is 4.79 Å². The Bertz CT molecular complexity index is 798. The molecule has 0 atom stereocenters. The maximum Gasteiger partial charge on any atom is 0.231 e. The molecule has 130 valence electrons. The van der Waals surface area contributed by atoms with Crippen molar-refractivity contribution in [3.63, 3.8) is 0 Å². The van der Waals surface area contributed by atoms with E-state index in [4.69, 9.17) is 9.47 Å². The number of hydrogen-bond acceptors (Lipinski definition) is 3. The molecule has 0 aliphatic carbocycles. The molecule has 0 fully saturated rings. The van der Waals surface area contributed by atoms with Gasteiger partial charge in [-0.15, -0.1) is 0 Å². The Morgan fingerprint density at radius 1 is 1.08 bits per heavy atom. The number of carbonyl (C=O) groups excluding carboxylic acids is 1. The van der Waals surface area contributed by atoms with Gasteiger partial charge in [0.1, 0.15) is 0 Å². The molecule has 2 aliphatic heterocycles. The molecule has 0 spiro atoms. The highest BCUT2D eigenvalue weighted by Gasteiger charge is 2.29. The molecule has 2 heterocycles. The van der Waals surface area contributed by atoms with E-state index in [9.17, 15) is 4.79 Å². The third-order valence-electron chi connectivity index (χ3n) is 5.21. The van der Waals surface area contributed by atoms with Crippen LogP contribution in [0.2, 0.25) is 0 Å². The quantitative estimate of drug-likeness (QED) is 0.858. The van der Waals surface area contributed by atoms with E-state index >= 15 is 0 Å². The van der Waals surface area contributed by atoms with Crippen LogP contribution in [0.5, 0.6) is 11.5 Å². The van der Waals surface area contributed by atoms with Crippen LogP contribution < -0.4 is 9.47 Å². The summed E-state index contributed by atoms with van der Waals surface area (Å²) in [5.74, 6) is 1.82. The maximum absolute atomic E-state index is 12.9. The van der Waals surface area contributed by atoms with Gasteiger partial charge in [-0.25, -0.2) is 0 Å². The van der Waals surface area contributed by atoms with Crippen molar-refractivity contribution >= 4 is 5.91 Å². The molecule has 0 N–H and O–H groups in total. The maximum atomic E-state index is 12.9. The van der Waals surface area contributed by atoms with E-state index in [-0.39, 0.29) is 18.1 Å². The van der Waals surface area contributed by atoms with Gasteiger partial charge >= 0.3 is 0 Å². The van der Waals surface area contributed by atoms with Crippen LogP contribution in [-0.4, -0.2) is 24.1 Å². The van der Waals surface area contributed by atoms with Crippen LogP contribution in [0.3, 0.4) is 0 Å². The van der Waals surface area contributed by atoms with Gasteiger partial charge in [-0.05, 0) is 40.7 Å². The first kappa shape index (κ1) is 16.0. The van der Waals surface area contributed by atoms with Gasteiger partial charge in [-0.1, -0.05) is 44.2 Å². The second-order valence-electron chi connectivity index (χ2n) is 7.47. The average molecular weight is 337 g/mol. The first-order valence-electron chi connectivity index (χ1n) is 8.78. The number of carbonyl (C=O) groups is 1. The van der Waals surface area contributed by atoms with Crippen molar-refractivity contribution in [2.75, 3.05) is 13.3 Å². The van der Waals surface area contributed by atoms with E-state index < -0.39 is 0 Å². The minimum Gasteiger partial charge on any atom is -0.454 e. The third kappa shape index (κ3) is 3.09. The Morgan fingerprint density at radius 2 is 1.76 bits per heavy atom. The minimum atomic E-state index is -0.173. The van der Waals surface area contributed by atoms with Crippen molar-refractivity contribution < 1.29 is 14.3 Å². The topological polar surface area (TPSA) is 38.8 Å². The molecule has 4 nitrogen and oxygen atoms in total. The molecule has 25 heavy (non-hydrogen) atoms. The molecule has 2 aromatic rings. The van der Waals surface area contributed by atoms with E-state index in [1.807, 2.05) is 29.2 Å². The lowest BCUT2D eigenvalue weighted by Crippen LogP contribution is -2.39. The molecule has 1 amide bonds. The van der Waals surface area contributed by atoms with Gasteiger partial charge in [0.25, 0.3) is 0 Å². The zero-order chi connectivity index (χ0) is 17.4. The zero-order valence-corrected chi connectivity index (χ0v) is 14.7. The van der Waals surface area contributed by atoms with Crippen LogP contribution in [0.1, 0.15) is 37.0 Å². The molecule has 0 unspecified atom stereocenters. The predicted molar refractivity (Wildman–Crippen MR) is 95.8 cm³/mol. The summed E-state index contributed by atoms with van der Waals surface area (Å²) in [7, 11) is 0. The molecule has 2 aliphatic rings. The highest BCUT2D eigenvalue weighted by Crippen LogP contribution is 2.37. The second-order valence-corrected chi connectivity index (χ2v) is 7.47. The summed E-state index contributed by atoms with van der Waals surface area (Å²) >= 11 is 0. The Hall–Kier alpha value is -2.49. The monoisotopic (exact) mass is 337 g/mol. The first-order chi connectivity index (χ1) is 12.0. The van der Waals surface area contributed by atoms with Crippen LogP contribution in [0, 0.1) is 0 Å². The molecule has 0 saturated heterocycles. The molecular formula is C21H23NO3. The molecular weight excluding hydrogens is 314 g/mol. The first-order valence-corrected chi connectivity index (χ1v) is 8.78. The molecule has 0 bridgehead atoms. The lowest BCUT2D eigenvalue weighted by atomic mass is 9.81. The van der Waals surface area contributed by atoms with Crippen molar-refractivity contribution in [2.45, 2.75) is 38.6 Å². The third-order valence-corrected chi connectivity index (χ3v) is 5.21. The second kappa shape index (κ2) is 6.10. The number of rotatable bonds is 3. The van der Waals surface area contributed by atoms with Gasteiger partial charge in [0, 0.05) is 19.5 Å². The Kier molecular flexibility index (Phi) is 3.91. The van der Waals surface area contributed by atoms with Crippen molar-refractivity contribution in [3.8, 4) is 11.5 Å². The number of benzene rings is 2. The van der Waals surface area contributed by atoms with Crippen LogP contribution in [0.25, 0.3) is 0 Å². The number of amides is 1. The highest BCUT2D eigenvalue weighted by atomic mass is 16.7. The van der Waals surface area contributed by atoms with Gasteiger partial charge < -0.3 is 14.4 Å². The smallest absolute Gasteiger partial charge is 0.231 e. The lowest BCUT2D eigenvalue weighted by molar-refractivity contribution is -0.133.